The fourth-order valence-corrected chi connectivity index (χ4v) is 3.65. The molecule has 0 saturated carbocycles. The minimum atomic E-state index is 1.28. The molecular weight excluding hydrogens is 196 g/mol. The van der Waals surface area contributed by atoms with E-state index in [0.29, 0.717) is 0 Å². The van der Waals surface area contributed by atoms with Gasteiger partial charge in [-0.15, -0.1) is 23.5 Å². The Hall–Kier alpha value is -0.340. The standard InChI is InChI=1S/C11H12S2/c1-2-5-10(6-3-1)9-11-12-7-4-8-13-11/h1-3,5-6,9H,4,7-8H2. The molecule has 1 aromatic carbocycles. The number of hydrogen-bond acceptors (Lipinski definition) is 2. The summed E-state index contributed by atoms with van der Waals surface area (Å²) in [5.41, 5.74) is 1.32. The summed E-state index contributed by atoms with van der Waals surface area (Å²) in [5.74, 6) is 2.57. The lowest BCUT2D eigenvalue weighted by molar-refractivity contribution is 1.12. The molecule has 0 unspecified atom stereocenters. The number of hydrogen-bond donors (Lipinski definition) is 0. The Kier molecular flexibility index (Phi) is 3.39. The van der Waals surface area contributed by atoms with Crippen LogP contribution in [0.3, 0.4) is 0 Å². The van der Waals surface area contributed by atoms with Crippen molar-refractivity contribution < 1.29 is 0 Å². The van der Waals surface area contributed by atoms with Gasteiger partial charge in [0.25, 0.3) is 0 Å². The number of benzene rings is 1. The van der Waals surface area contributed by atoms with Gasteiger partial charge >= 0.3 is 0 Å². The van der Waals surface area contributed by atoms with Crippen LogP contribution in [0.1, 0.15) is 12.0 Å². The third-order valence-corrected chi connectivity index (χ3v) is 4.36. The summed E-state index contributed by atoms with van der Waals surface area (Å²) < 4.78 is 1.47. The molecule has 2 heteroatoms. The molecule has 0 aromatic heterocycles. The highest BCUT2D eigenvalue weighted by Crippen LogP contribution is 2.35. The molecule has 1 saturated heterocycles. The van der Waals surface area contributed by atoms with Gasteiger partial charge in [-0.25, -0.2) is 0 Å². The maximum Gasteiger partial charge on any atom is 0.0406 e. The summed E-state index contributed by atoms with van der Waals surface area (Å²) in [6, 6.07) is 10.5. The first-order valence-corrected chi connectivity index (χ1v) is 6.44. The molecule has 68 valence electrons. The van der Waals surface area contributed by atoms with Gasteiger partial charge in [-0.2, -0.15) is 0 Å². The highest BCUT2D eigenvalue weighted by atomic mass is 32.2. The SMILES string of the molecule is C(=C1SCCCS1)c1ccccc1. The first-order chi connectivity index (χ1) is 6.45. The molecule has 1 aliphatic rings. The van der Waals surface area contributed by atoms with Crippen molar-refractivity contribution in [1.82, 2.24) is 0 Å². The molecule has 0 N–H and O–H groups in total. The molecule has 0 nitrogen and oxygen atoms in total. The fourth-order valence-electron chi connectivity index (χ4n) is 1.21. The van der Waals surface area contributed by atoms with Crippen LogP contribution in [-0.4, -0.2) is 11.5 Å². The summed E-state index contributed by atoms with van der Waals surface area (Å²) in [7, 11) is 0. The zero-order chi connectivity index (χ0) is 8.93. The second-order valence-corrected chi connectivity index (χ2v) is 5.46. The van der Waals surface area contributed by atoms with E-state index in [1.807, 2.05) is 23.5 Å². The van der Waals surface area contributed by atoms with Crippen LogP contribution in [0.4, 0.5) is 0 Å². The van der Waals surface area contributed by atoms with Crippen molar-refractivity contribution in [2.75, 3.05) is 11.5 Å². The summed E-state index contributed by atoms with van der Waals surface area (Å²) in [5, 5.41) is 0. The van der Waals surface area contributed by atoms with Gasteiger partial charge in [-0.1, -0.05) is 30.3 Å². The van der Waals surface area contributed by atoms with Gasteiger partial charge < -0.3 is 0 Å². The zero-order valence-corrected chi connectivity index (χ0v) is 9.03. The van der Waals surface area contributed by atoms with Gasteiger partial charge in [0.05, 0.1) is 0 Å². The highest BCUT2D eigenvalue weighted by Gasteiger charge is 2.05. The average molecular weight is 208 g/mol. The quantitative estimate of drug-likeness (QED) is 0.687. The molecule has 1 aliphatic heterocycles. The Balaban J connectivity index is 2.10. The molecule has 1 fully saturated rings. The van der Waals surface area contributed by atoms with Gasteiger partial charge in [-0.05, 0) is 29.6 Å². The molecule has 0 spiro atoms. The summed E-state index contributed by atoms with van der Waals surface area (Å²) in [6.07, 6.45) is 3.63. The Bertz CT molecular complexity index is 282. The summed E-state index contributed by atoms with van der Waals surface area (Å²) in [6.45, 7) is 0. The maximum atomic E-state index is 2.29. The Morgan fingerprint density at radius 1 is 1.00 bits per heavy atom. The van der Waals surface area contributed by atoms with E-state index in [1.165, 1.54) is 27.7 Å². The topological polar surface area (TPSA) is 0 Å². The van der Waals surface area contributed by atoms with Crippen molar-refractivity contribution in [3.8, 4) is 0 Å². The molecule has 0 atom stereocenters. The van der Waals surface area contributed by atoms with Crippen LogP contribution >= 0.6 is 23.5 Å². The molecule has 0 radical (unpaired) electrons. The molecular formula is C11H12S2. The van der Waals surface area contributed by atoms with Crippen molar-refractivity contribution in [2.24, 2.45) is 0 Å². The second kappa shape index (κ2) is 4.77. The number of thioether (sulfide) groups is 2. The van der Waals surface area contributed by atoms with Crippen LogP contribution in [0, 0.1) is 0 Å². The third-order valence-electron chi connectivity index (χ3n) is 1.86. The van der Waals surface area contributed by atoms with E-state index < -0.39 is 0 Å². The molecule has 0 amide bonds. The summed E-state index contributed by atoms with van der Waals surface area (Å²) in [4.78, 5) is 0. The van der Waals surface area contributed by atoms with Crippen LogP contribution in [0.25, 0.3) is 6.08 Å². The van der Waals surface area contributed by atoms with Crippen molar-refractivity contribution in [2.45, 2.75) is 6.42 Å². The van der Waals surface area contributed by atoms with Crippen LogP contribution in [-0.2, 0) is 0 Å². The molecule has 1 aromatic rings. The van der Waals surface area contributed by atoms with Crippen LogP contribution in [0.5, 0.6) is 0 Å². The van der Waals surface area contributed by atoms with Crippen LogP contribution in [0.15, 0.2) is 34.6 Å². The predicted octanol–water partition coefficient (Wildman–Crippen LogP) is 3.86. The third kappa shape index (κ3) is 2.82. The summed E-state index contributed by atoms with van der Waals surface area (Å²) >= 11 is 3.96. The van der Waals surface area contributed by atoms with Gasteiger partial charge in [0.15, 0.2) is 0 Å². The van der Waals surface area contributed by atoms with Gasteiger partial charge in [0.1, 0.15) is 0 Å². The first kappa shape index (κ1) is 9.22. The fraction of sp³-hybridized carbons (Fsp3) is 0.273. The van der Waals surface area contributed by atoms with Crippen molar-refractivity contribution in [3.05, 3.63) is 40.1 Å². The minimum Gasteiger partial charge on any atom is -0.119 e. The normalized spacial score (nSPS) is 17.1. The number of rotatable bonds is 1. The van der Waals surface area contributed by atoms with Gasteiger partial charge in [0.2, 0.25) is 0 Å². The molecule has 0 aliphatic carbocycles. The van der Waals surface area contributed by atoms with Gasteiger partial charge in [0, 0.05) is 4.24 Å². The van der Waals surface area contributed by atoms with Crippen molar-refractivity contribution in [3.63, 3.8) is 0 Å². The zero-order valence-electron chi connectivity index (χ0n) is 7.40. The van der Waals surface area contributed by atoms with Crippen molar-refractivity contribution in [1.29, 1.82) is 0 Å². The largest absolute Gasteiger partial charge is 0.119 e. The molecule has 1 heterocycles. The van der Waals surface area contributed by atoms with E-state index in [2.05, 4.69) is 36.4 Å². The minimum absolute atomic E-state index is 1.28. The van der Waals surface area contributed by atoms with E-state index in [9.17, 15) is 0 Å². The first-order valence-electron chi connectivity index (χ1n) is 4.47. The van der Waals surface area contributed by atoms with E-state index in [-0.39, 0.29) is 0 Å². The molecule has 0 bridgehead atoms. The van der Waals surface area contributed by atoms with Crippen molar-refractivity contribution >= 4 is 29.6 Å². The maximum absolute atomic E-state index is 2.29. The van der Waals surface area contributed by atoms with E-state index in [1.54, 1.807) is 0 Å². The van der Waals surface area contributed by atoms with Crippen LogP contribution in [0.2, 0.25) is 0 Å². The Morgan fingerprint density at radius 2 is 1.69 bits per heavy atom. The lowest BCUT2D eigenvalue weighted by Crippen LogP contribution is -1.91. The smallest absolute Gasteiger partial charge is 0.0406 e. The lowest BCUT2D eigenvalue weighted by atomic mass is 10.2. The van der Waals surface area contributed by atoms with E-state index in [0.717, 1.165) is 0 Å². The Morgan fingerprint density at radius 3 is 2.38 bits per heavy atom. The monoisotopic (exact) mass is 208 g/mol. The molecule has 13 heavy (non-hydrogen) atoms. The highest BCUT2D eigenvalue weighted by molar-refractivity contribution is 8.23. The second-order valence-electron chi connectivity index (χ2n) is 2.92. The van der Waals surface area contributed by atoms with Crippen LogP contribution < -0.4 is 0 Å². The van der Waals surface area contributed by atoms with E-state index in [4.69, 9.17) is 0 Å². The molecule has 2 rings (SSSR count). The Labute approximate surface area is 87.8 Å². The lowest BCUT2D eigenvalue weighted by Gasteiger charge is -2.12. The average Bonchev–Trinajstić information content (AvgIpc) is 2.21. The van der Waals surface area contributed by atoms with E-state index >= 15 is 0 Å². The predicted molar refractivity (Wildman–Crippen MR) is 64.0 cm³/mol. The van der Waals surface area contributed by atoms with Gasteiger partial charge in [-0.3, -0.25) is 0 Å².